The first-order valence-electron chi connectivity index (χ1n) is 8.72. The first-order chi connectivity index (χ1) is 12.6. The lowest BCUT2D eigenvalue weighted by molar-refractivity contribution is 0.0256. The first-order valence-corrected chi connectivity index (χ1v) is 8.72. The summed E-state index contributed by atoms with van der Waals surface area (Å²) in [6.45, 7) is 0.189. The lowest BCUT2D eigenvalue weighted by Crippen LogP contribution is -2.46. The highest BCUT2D eigenvalue weighted by Crippen LogP contribution is 2.30. The zero-order valence-corrected chi connectivity index (χ0v) is 14.6. The van der Waals surface area contributed by atoms with Crippen LogP contribution in [0.3, 0.4) is 0 Å². The molecule has 1 aromatic heterocycles. The molecule has 0 spiro atoms. The second kappa shape index (κ2) is 6.50. The number of methoxy groups -OCH3 is 1. The number of furan rings is 1. The molecule has 1 atom stereocenters. The molecule has 26 heavy (non-hydrogen) atoms. The highest BCUT2D eigenvalue weighted by Gasteiger charge is 2.32. The number of fused-ring (bicyclic) bond motifs is 2. The average Bonchev–Trinajstić information content (AvgIpc) is 3.10. The van der Waals surface area contributed by atoms with Crippen LogP contribution in [0.5, 0.6) is 5.75 Å². The Kier molecular flexibility index (Phi) is 4.17. The van der Waals surface area contributed by atoms with E-state index in [4.69, 9.17) is 9.15 Å². The van der Waals surface area contributed by atoms with Crippen LogP contribution in [-0.2, 0) is 12.8 Å². The number of amides is 1. The fraction of sp³-hybridized carbons (Fsp3) is 0.286. The molecule has 1 aliphatic rings. The summed E-state index contributed by atoms with van der Waals surface area (Å²) in [7, 11) is 1.56. The molecule has 2 aromatic carbocycles. The van der Waals surface area contributed by atoms with Gasteiger partial charge in [0.25, 0.3) is 5.91 Å². The van der Waals surface area contributed by atoms with Gasteiger partial charge in [0.05, 0.1) is 12.7 Å². The monoisotopic (exact) mass is 351 g/mol. The van der Waals surface area contributed by atoms with Crippen molar-refractivity contribution in [1.29, 1.82) is 0 Å². The van der Waals surface area contributed by atoms with Crippen molar-refractivity contribution in [2.45, 2.75) is 24.9 Å². The van der Waals surface area contributed by atoms with Gasteiger partial charge in [0.15, 0.2) is 17.1 Å². The molecule has 1 aliphatic carbocycles. The van der Waals surface area contributed by atoms with Crippen molar-refractivity contribution in [3.63, 3.8) is 0 Å². The van der Waals surface area contributed by atoms with Crippen molar-refractivity contribution in [3.8, 4) is 5.75 Å². The molecule has 2 N–H and O–H groups in total. The van der Waals surface area contributed by atoms with E-state index < -0.39 is 5.60 Å². The van der Waals surface area contributed by atoms with Gasteiger partial charge in [0, 0.05) is 18.4 Å². The number of hydrogen-bond donors (Lipinski definition) is 2. The number of hydrogen-bond acceptors (Lipinski definition) is 4. The Morgan fingerprint density at radius 1 is 1.23 bits per heavy atom. The summed E-state index contributed by atoms with van der Waals surface area (Å²) >= 11 is 0. The molecule has 0 unspecified atom stereocenters. The van der Waals surface area contributed by atoms with Gasteiger partial charge in [-0.1, -0.05) is 36.4 Å². The molecule has 0 saturated heterocycles. The number of ether oxygens (including phenoxy) is 1. The van der Waals surface area contributed by atoms with Crippen molar-refractivity contribution < 1.29 is 19.1 Å². The van der Waals surface area contributed by atoms with Gasteiger partial charge in [0.2, 0.25) is 0 Å². The Morgan fingerprint density at radius 2 is 2.04 bits per heavy atom. The van der Waals surface area contributed by atoms with Crippen LogP contribution < -0.4 is 10.1 Å². The van der Waals surface area contributed by atoms with Crippen LogP contribution in [0.2, 0.25) is 0 Å². The largest absolute Gasteiger partial charge is 0.493 e. The molecular weight excluding hydrogens is 330 g/mol. The number of rotatable bonds is 4. The standard InChI is InChI=1S/C21H21NO4/c1-25-17-8-4-7-15-11-18(26-19(15)17)20(23)22-13-21(24)10-9-14-5-2-3-6-16(14)12-21/h2-8,11,24H,9-10,12-13H2,1H3,(H,22,23)/t21-/m1/s1. The Bertz CT molecular complexity index is 962. The van der Waals surface area contributed by atoms with E-state index in [-0.39, 0.29) is 18.2 Å². The smallest absolute Gasteiger partial charge is 0.287 e. The second-order valence-electron chi connectivity index (χ2n) is 6.84. The Morgan fingerprint density at radius 3 is 2.85 bits per heavy atom. The van der Waals surface area contributed by atoms with Crippen LogP contribution in [0.25, 0.3) is 11.0 Å². The van der Waals surface area contributed by atoms with Gasteiger partial charge in [-0.05, 0) is 36.1 Å². The Balaban J connectivity index is 1.47. The van der Waals surface area contributed by atoms with E-state index in [1.54, 1.807) is 19.2 Å². The molecule has 1 amide bonds. The molecule has 4 rings (SSSR count). The SMILES string of the molecule is COc1cccc2cc(C(=O)NC[C@@]3(O)CCc4ccccc4C3)oc12. The van der Waals surface area contributed by atoms with E-state index >= 15 is 0 Å². The van der Waals surface area contributed by atoms with Crippen molar-refractivity contribution in [2.24, 2.45) is 0 Å². The molecule has 3 aromatic rings. The van der Waals surface area contributed by atoms with Crippen LogP contribution in [0.1, 0.15) is 28.1 Å². The van der Waals surface area contributed by atoms with Crippen molar-refractivity contribution in [3.05, 3.63) is 65.4 Å². The lowest BCUT2D eigenvalue weighted by Gasteiger charge is -2.33. The van der Waals surface area contributed by atoms with E-state index in [2.05, 4.69) is 11.4 Å². The molecule has 5 nitrogen and oxygen atoms in total. The van der Waals surface area contributed by atoms with Crippen LogP contribution in [0.15, 0.2) is 52.9 Å². The number of para-hydroxylation sites is 1. The van der Waals surface area contributed by atoms with Gasteiger partial charge >= 0.3 is 0 Å². The summed E-state index contributed by atoms with van der Waals surface area (Å²) in [5.41, 5.74) is 2.02. The highest BCUT2D eigenvalue weighted by atomic mass is 16.5. The fourth-order valence-corrected chi connectivity index (χ4v) is 3.58. The summed E-state index contributed by atoms with van der Waals surface area (Å²) in [5.74, 6) is 0.462. The van der Waals surface area contributed by atoms with Crippen molar-refractivity contribution in [1.82, 2.24) is 5.32 Å². The van der Waals surface area contributed by atoms with Gasteiger partial charge < -0.3 is 19.6 Å². The molecule has 0 aliphatic heterocycles. The third kappa shape index (κ3) is 3.06. The molecule has 0 bridgehead atoms. The number of carbonyl (C=O) groups excluding carboxylic acids is 1. The molecule has 0 fully saturated rings. The molecule has 0 saturated carbocycles. The van der Waals surface area contributed by atoms with E-state index in [1.165, 1.54) is 5.56 Å². The summed E-state index contributed by atoms with van der Waals surface area (Å²) in [6, 6.07) is 15.3. The van der Waals surface area contributed by atoms with Crippen molar-refractivity contribution in [2.75, 3.05) is 13.7 Å². The van der Waals surface area contributed by atoms with Gasteiger partial charge in [0.1, 0.15) is 0 Å². The Hall–Kier alpha value is -2.79. The third-order valence-corrected chi connectivity index (χ3v) is 5.03. The van der Waals surface area contributed by atoms with Gasteiger partial charge in [-0.2, -0.15) is 0 Å². The fourth-order valence-electron chi connectivity index (χ4n) is 3.58. The number of aliphatic hydroxyl groups is 1. The number of nitrogens with one attached hydrogen (secondary N) is 1. The van der Waals surface area contributed by atoms with Gasteiger partial charge in [-0.25, -0.2) is 0 Å². The number of benzene rings is 2. The van der Waals surface area contributed by atoms with Gasteiger partial charge in [-0.15, -0.1) is 0 Å². The minimum atomic E-state index is -0.937. The predicted octanol–water partition coefficient (Wildman–Crippen LogP) is 3.09. The molecule has 0 radical (unpaired) electrons. The second-order valence-corrected chi connectivity index (χ2v) is 6.84. The maximum absolute atomic E-state index is 12.5. The maximum Gasteiger partial charge on any atom is 0.287 e. The zero-order chi connectivity index (χ0) is 18.1. The lowest BCUT2D eigenvalue weighted by atomic mass is 9.80. The maximum atomic E-state index is 12.5. The average molecular weight is 351 g/mol. The first kappa shape index (κ1) is 16.7. The normalized spacial score (nSPS) is 19.2. The summed E-state index contributed by atoms with van der Waals surface area (Å²) in [5, 5.41) is 14.5. The van der Waals surface area contributed by atoms with E-state index in [9.17, 15) is 9.90 Å². The number of carbonyl (C=O) groups is 1. The zero-order valence-electron chi connectivity index (χ0n) is 14.6. The van der Waals surface area contributed by atoms with E-state index in [0.717, 1.165) is 17.4 Å². The minimum Gasteiger partial charge on any atom is -0.493 e. The molecular formula is C21H21NO4. The van der Waals surface area contributed by atoms with E-state index in [1.807, 2.05) is 30.3 Å². The third-order valence-electron chi connectivity index (χ3n) is 5.03. The predicted molar refractivity (Wildman–Crippen MR) is 98.5 cm³/mol. The van der Waals surface area contributed by atoms with Crippen LogP contribution in [-0.4, -0.2) is 30.3 Å². The molecule has 134 valence electrons. The summed E-state index contributed by atoms with van der Waals surface area (Å²) < 4.78 is 10.9. The highest BCUT2D eigenvalue weighted by molar-refractivity contribution is 5.97. The summed E-state index contributed by atoms with van der Waals surface area (Å²) in [6.07, 6.45) is 1.97. The Labute approximate surface area is 151 Å². The van der Waals surface area contributed by atoms with Crippen LogP contribution >= 0.6 is 0 Å². The molecule has 5 heteroatoms. The van der Waals surface area contributed by atoms with Crippen molar-refractivity contribution >= 4 is 16.9 Å². The minimum absolute atomic E-state index is 0.189. The molecule has 1 heterocycles. The number of aryl methyl sites for hydroxylation is 1. The topological polar surface area (TPSA) is 71.7 Å². The van der Waals surface area contributed by atoms with Crippen LogP contribution in [0, 0.1) is 0 Å². The van der Waals surface area contributed by atoms with Crippen LogP contribution in [0.4, 0.5) is 0 Å². The summed E-state index contributed by atoms with van der Waals surface area (Å²) in [4.78, 5) is 12.5. The van der Waals surface area contributed by atoms with E-state index in [0.29, 0.717) is 24.2 Å². The van der Waals surface area contributed by atoms with Gasteiger partial charge in [-0.3, -0.25) is 4.79 Å². The quantitative estimate of drug-likeness (QED) is 0.758.